The Morgan fingerprint density at radius 2 is 1.78 bits per heavy atom. The van der Waals surface area contributed by atoms with Crippen molar-refractivity contribution in [2.45, 2.75) is 25.3 Å². The van der Waals surface area contributed by atoms with E-state index < -0.39 is 10.0 Å². The molecule has 27 heavy (non-hydrogen) atoms. The summed E-state index contributed by atoms with van der Waals surface area (Å²) in [6.45, 7) is 2.89. The van der Waals surface area contributed by atoms with Gasteiger partial charge in [0.25, 0.3) is 5.91 Å². The van der Waals surface area contributed by atoms with Crippen LogP contribution in [-0.4, -0.2) is 44.1 Å². The number of nitrogens with one attached hydrogen (secondary N) is 1. The molecule has 3 N–H and O–H groups in total. The Labute approximate surface area is 160 Å². The van der Waals surface area contributed by atoms with Crippen LogP contribution in [0.25, 0.3) is 0 Å². The van der Waals surface area contributed by atoms with Gasteiger partial charge in [0.05, 0.1) is 5.75 Å². The minimum absolute atomic E-state index is 0.0697. The SMILES string of the molecule is CCCS(=O)(=O)Nc1ccc(C(=O)N2C[C@@H](N)[C@H](c3ccccc3)C2)cc1. The molecule has 6 nitrogen and oxygen atoms in total. The number of hydrogen-bond acceptors (Lipinski definition) is 4. The minimum atomic E-state index is -3.34. The lowest BCUT2D eigenvalue weighted by atomic mass is 9.95. The summed E-state index contributed by atoms with van der Waals surface area (Å²) < 4.78 is 26.2. The second-order valence-corrected chi connectivity index (χ2v) is 8.73. The number of anilines is 1. The standard InChI is InChI=1S/C20H25N3O3S/c1-2-12-27(25,26)22-17-10-8-16(9-11-17)20(24)23-13-18(19(21)14-23)15-6-4-3-5-7-15/h3-11,18-19,22H,2,12-14,21H2,1H3/t18-,19+/m0/s1. The molecule has 0 aliphatic carbocycles. The van der Waals surface area contributed by atoms with Gasteiger partial charge >= 0.3 is 0 Å². The zero-order valence-electron chi connectivity index (χ0n) is 15.3. The van der Waals surface area contributed by atoms with E-state index in [0.717, 1.165) is 5.56 Å². The van der Waals surface area contributed by atoms with Crippen molar-refractivity contribution in [3.05, 3.63) is 65.7 Å². The third-order valence-electron chi connectivity index (χ3n) is 4.76. The number of benzene rings is 2. The van der Waals surface area contributed by atoms with Crippen molar-refractivity contribution in [1.29, 1.82) is 0 Å². The van der Waals surface area contributed by atoms with Crippen LogP contribution < -0.4 is 10.5 Å². The number of amides is 1. The van der Waals surface area contributed by atoms with Crippen LogP contribution in [0, 0.1) is 0 Å². The first kappa shape index (κ1) is 19.4. The van der Waals surface area contributed by atoms with Crippen LogP contribution >= 0.6 is 0 Å². The summed E-state index contributed by atoms with van der Waals surface area (Å²) in [5.74, 6) is 0.0994. The molecule has 0 radical (unpaired) electrons. The molecule has 1 saturated heterocycles. The van der Waals surface area contributed by atoms with E-state index in [2.05, 4.69) is 4.72 Å². The van der Waals surface area contributed by atoms with Crippen molar-refractivity contribution in [3.63, 3.8) is 0 Å². The van der Waals surface area contributed by atoms with Crippen molar-refractivity contribution in [2.24, 2.45) is 5.73 Å². The molecule has 2 aromatic rings. The predicted molar refractivity (Wildman–Crippen MR) is 107 cm³/mol. The minimum Gasteiger partial charge on any atom is -0.336 e. The van der Waals surface area contributed by atoms with E-state index >= 15 is 0 Å². The largest absolute Gasteiger partial charge is 0.336 e. The summed E-state index contributed by atoms with van der Waals surface area (Å²) in [6.07, 6.45) is 0.545. The highest BCUT2D eigenvalue weighted by molar-refractivity contribution is 7.92. The quantitative estimate of drug-likeness (QED) is 0.796. The van der Waals surface area contributed by atoms with Crippen LogP contribution in [0.5, 0.6) is 0 Å². The maximum atomic E-state index is 12.8. The average molecular weight is 388 g/mol. The maximum absolute atomic E-state index is 12.8. The van der Waals surface area contributed by atoms with E-state index in [4.69, 9.17) is 5.73 Å². The van der Waals surface area contributed by atoms with E-state index in [-0.39, 0.29) is 23.6 Å². The number of carbonyl (C=O) groups excluding carboxylic acids is 1. The average Bonchev–Trinajstić information content (AvgIpc) is 3.04. The van der Waals surface area contributed by atoms with Gasteiger partial charge < -0.3 is 10.6 Å². The van der Waals surface area contributed by atoms with E-state index in [1.165, 1.54) is 0 Å². The van der Waals surface area contributed by atoms with Crippen molar-refractivity contribution < 1.29 is 13.2 Å². The molecule has 0 saturated carbocycles. The van der Waals surface area contributed by atoms with E-state index in [1.54, 1.807) is 29.2 Å². The molecule has 1 heterocycles. The fourth-order valence-electron chi connectivity index (χ4n) is 3.41. The topological polar surface area (TPSA) is 92.5 Å². The van der Waals surface area contributed by atoms with Gasteiger partial charge in [0.2, 0.25) is 10.0 Å². The lowest BCUT2D eigenvalue weighted by Gasteiger charge is -2.17. The lowest BCUT2D eigenvalue weighted by Crippen LogP contribution is -2.32. The normalized spacial score (nSPS) is 19.9. The van der Waals surface area contributed by atoms with Crippen LogP contribution in [0.1, 0.15) is 35.2 Å². The third kappa shape index (κ3) is 4.67. The van der Waals surface area contributed by atoms with Gasteiger partial charge in [-0.25, -0.2) is 8.42 Å². The van der Waals surface area contributed by atoms with Gasteiger partial charge in [0.1, 0.15) is 0 Å². The summed E-state index contributed by atoms with van der Waals surface area (Å²) >= 11 is 0. The number of nitrogens with zero attached hydrogens (tertiary/aromatic N) is 1. The molecule has 0 bridgehead atoms. The first-order valence-corrected chi connectivity index (χ1v) is 10.7. The van der Waals surface area contributed by atoms with E-state index in [1.807, 2.05) is 37.3 Å². The van der Waals surface area contributed by atoms with Gasteiger partial charge in [-0.3, -0.25) is 9.52 Å². The summed E-state index contributed by atoms with van der Waals surface area (Å²) in [5.41, 5.74) is 8.39. The molecule has 1 amide bonds. The molecule has 1 aliphatic rings. The zero-order valence-corrected chi connectivity index (χ0v) is 16.2. The van der Waals surface area contributed by atoms with E-state index in [0.29, 0.717) is 30.8 Å². The number of rotatable bonds is 6. The summed E-state index contributed by atoms with van der Waals surface area (Å²) in [5, 5.41) is 0. The monoisotopic (exact) mass is 387 g/mol. The molecule has 0 unspecified atom stereocenters. The van der Waals surface area contributed by atoms with Gasteiger partial charge in [-0.15, -0.1) is 0 Å². The van der Waals surface area contributed by atoms with Crippen molar-refractivity contribution in [2.75, 3.05) is 23.6 Å². The Morgan fingerprint density at radius 1 is 1.11 bits per heavy atom. The Morgan fingerprint density at radius 3 is 2.41 bits per heavy atom. The third-order valence-corrected chi connectivity index (χ3v) is 6.25. The fraction of sp³-hybridized carbons (Fsp3) is 0.350. The highest BCUT2D eigenvalue weighted by Crippen LogP contribution is 2.27. The molecule has 7 heteroatoms. The number of likely N-dealkylation sites (tertiary alicyclic amines) is 1. The number of sulfonamides is 1. The predicted octanol–water partition coefficient (Wildman–Crippen LogP) is 2.41. The first-order valence-electron chi connectivity index (χ1n) is 9.10. The molecule has 144 valence electrons. The van der Waals surface area contributed by atoms with Crippen LogP contribution in [-0.2, 0) is 10.0 Å². The molecule has 1 fully saturated rings. The summed E-state index contributed by atoms with van der Waals surface area (Å²) in [7, 11) is -3.34. The molecular weight excluding hydrogens is 362 g/mol. The number of nitrogens with two attached hydrogens (primary N) is 1. The van der Waals surface area contributed by atoms with Crippen LogP contribution in [0.15, 0.2) is 54.6 Å². The molecule has 2 atom stereocenters. The second kappa shape index (κ2) is 8.10. The summed E-state index contributed by atoms with van der Waals surface area (Å²) in [6, 6.07) is 16.4. The first-order chi connectivity index (χ1) is 12.9. The Balaban J connectivity index is 1.68. The van der Waals surface area contributed by atoms with Crippen LogP contribution in [0.4, 0.5) is 5.69 Å². The molecular formula is C20H25N3O3S. The number of carbonyl (C=O) groups is 1. The Hall–Kier alpha value is -2.38. The summed E-state index contributed by atoms with van der Waals surface area (Å²) in [4.78, 5) is 14.6. The maximum Gasteiger partial charge on any atom is 0.253 e. The molecule has 3 rings (SSSR count). The Kier molecular flexibility index (Phi) is 5.82. The zero-order chi connectivity index (χ0) is 19.4. The highest BCUT2D eigenvalue weighted by Gasteiger charge is 2.34. The smallest absolute Gasteiger partial charge is 0.253 e. The Bertz CT molecular complexity index is 882. The van der Waals surface area contributed by atoms with E-state index in [9.17, 15) is 13.2 Å². The van der Waals surface area contributed by atoms with Crippen molar-refractivity contribution in [1.82, 2.24) is 4.90 Å². The van der Waals surface area contributed by atoms with Crippen molar-refractivity contribution in [3.8, 4) is 0 Å². The van der Waals surface area contributed by atoms with Gasteiger partial charge in [-0.1, -0.05) is 37.3 Å². The fourth-order valence-corrected chi connectivity index (χ4v) is 4.55. The highest BCUT2D eigenvalue weighted by atomic mass is 32.2. The van der Waals surface area contributed by atoms with Crippen molar-refractivity contribution >= 4 is 21.6 Å². The second-order valence-electron chi connectivity index (χ2n) is 6.89. The van der Waals surface area contributed by atoms with Gasteiger partial charge in [0.15, 0.2) is 0 Å². The van der Waals surface area contributed by atoms with Gasteiger partial charge in [0, 0.05) is 36.3 Å². The molecule has 0 aromatic heterocycles. The molecule has 2 aromatic carbocycles. The lowest BCUT2D eigenvalue weighted by molar-refractivity contribution is 0.0789. The van der Waals surface area contributed by atoms with Crippen LogP contribution in [0.2, 0.25) is 0 Å². The van der Waals surface area contributed by atoms with Crippen LogP contribution in [0.3, 0.4) is 0 Å². The number of hydrogen-bond donors (Lipinski definition) is 2. The van der Waals surface area contributed by atoms with Gasteiger partial charge in [-0.2, -0.15) is 0 Å². The molecule has 0 spiro atoms. The van der Waals surface area contributed by atoms with Gasteiger partial charge in [-0.05, 0) is 36.2 Å². The molecule has 1 aliphatic heterocycles.